The van der Waals surface area contributed by atoms with Crippen LogP contribution in [-0.4, -0.2) is 42.1 Å². The zero-order chi connectivity index (χ0) is 22.8. The molecule has 0 unspecified atom stereocenters. The van der Waals surface area contributed by atoms with Gasteiger partial charge in [-0.2, -0.15) is 0 Å². The van der Waals surface area contributed by atoms with E-state index in [1.165, 1.54) is 12.1 Å². The Morgan fingerprint density at radius 1 is 1.03 bits per heavy atom. The van der Waals surface area contributed by atoms with E-state index in [-0.39, 0.29) is 24.3 Å². The molecule has 1 fully saturated rings. The lowest BCUT2D eigenvalue weighted by Crippen LogP contribution is -2.25. The average molecular weight is 447 g/mol. The summed E-state index contributed by atoms with van der Waals surface area (Å²) in [7, 11) is 0. The predicted molar refractivity (Wildman–Crippen MR) is 119 cm³/mol. The van der Waals surface area contributed by atoms with Crippen LogP contribution < -0.4 is 4.74 Å². The van der Waals surface area contributed by atoms with E-state index in [0.717, 1.165) is 31.2 Å². The Hall–Kier alpha value is -3.88. The van der Waals surface area contributed by atoms with E-state index in [4.69, 9.17) is 9.84 Å². The Kier molecular flexibility index (Phi) is 5.68. The number of hydrogen-bond acceptors (Lipinski definition) is 6. The van der Waals surface area contributed by atoms with Gasteiger partial charge in [0, 0.05) is 24.2 Å². The van der Waals surface area contributed by atoms with Crippen molar-refractivity contribution >= 4 is 17.0 Å². The van der Waals surface area contributed by atoms with Gasteiger partial charge >= 0.3 is 5.97 Å². The summed E-state index contributed by atoms with van der Waals surface area (Å²) < 4.78 is 19.4. The average Bonchev–Trinajstić information content (AvgIpc) is 3.24. The Balaban J connectivity index is 1.22. The van der Waals surface area contributed by atoms with E-state index in [1.54, 1.807) is 24.7 Å². The molecule has 3 heterocycles. The number of imidazole rings is 1. The number of ether oxygens (including phenoxy) is 1. The Morgan fingerprint density at radius 3 is 2.52 bits per heavy atom. The van der Waals surface area contributed by atoms with Gasteiger partial charge in [0.2, 0.25) is 5.88 Å². The van der Waals surface area contributed by atoms with E-state index >= 15 is 0 Å². The maximum Gasteiger partial charge on any atom is 0.303 e. The first-order chi connectivity index (χ1) is 16.0. The second kappa shape index (κ2) is 8.93. The van der Waals surface area contributed by atoms with Crippen molar-refractivity contribution < 1.29 is 19.0 Å². The Bertz CT molecular complexity index is 1270. The largest absolute Gasteiger partial charge is 0.481 e. The minimum Gasteiger partial charge on any atom is -0.481 e. The lowest BCUT2D eigenvalue weighted by molar-refractivity contribution is -0.138. The topological polar surface area (TPSA) is 114 Å². The van der Waals surface area contributed by atoms with Crippen LogP contribution in [0.4, 0.5) is 4.39 Å². The van der Waals surface area contributed by atoms with Gasteiger partial charge in [0.1, 0.15) is 17.6 Å². The summed E-state index contributed by atoms with van der Waals surface area (Å²) >= 11 is 0. The Morgan fingerprint density at radius 2 is 1.82 bits per heavy atom. The lowest BCUT2D eigenvalue weighted by atomic mass is 9.85. The molecule has 1 saturated carbocycles. The van der Waals surface area contributed by atoms with Crippen LogP contribution in [0.5, 0.6) is 5.88 Å². The molecule has 8 nitrogen and oxygen atoms in total. The van der Waals surface area contributed by atoms with Crippen LogP contribution in [-0.2, 0) is 4.79 Å². The summed E-state index contributed by atoms with van der Waals surface area (Å²) in [6.45, 7) is 0. The Labute approximate surface area is 188 Å². The second-order valence-corrected chi connectivity index (χ2v) is 8.28. The number of H-pyrrole nitrogens is 1. The molecule has 0 amide bonds. The van der Waals surface area contributed by atoms with Gasteiger partial charge in [-0.1, -0.05) is 0 Å². The fourth-order valence-corrected chi connectivity index (χ4v) is 4.18. The summed E-state index contributed by atoms with van der Waals surface area (Å²) in [6.07, 6.45) is 8.63. The number of carboxylic acid groups (broad SMARTS) is 1. The number of halogens is 1. The molecule has 0 bridgehead atoms. The molecule has 4 aromatic rings. The van der Waals surface area contributed by atoms with Crippen molar-refractivity contribution in [3.8, 4) is 28.7 Å². The van der Waals surface area contributed by atoms with Gasteiger partial charge in [0.05, 0.1) is 29.1 Å². The smallest absolute Gasteiger partial charge is 0.303 e. The van der Waals surface area contributed by atoms with Crippen LogP contribution in [0.2, 0.25) is 0 Å². The van der Waals surface area contributed by atoms with E-state index < -0.39 is 5.97 Å². The minimum atomic E-state index is -0.735. The van der Waals surface area contributed by atoms with Crippen molar-refractivity contribution in [2.45, 2.75) is 38.2 Å². The summed E-state index contributed by atoms with van der Waals surface area (Å²) in [5.41, 5.74) is 3.28. The van der Waals surface area contributed by atoms with Crippen LogP contribution in [0, 0.1) is 11.7 Å². The first-order valence-electron chi connectivity index (χ1n) is 10.9. The second-order valence-electron chi connectivity index (χ2n) is 8.28. The molecular formula is C24H22FN5O3. The zero-order valence-corrected chi connectivity index (χ0v) is 17.7. The summed E-state index contributed by atoms with van der Waals surface area (Å²) in [5, 5.41) is 8.93. The van der Waals surface area contributed by atoms with Gasteiger partial charge in [-0.05, 0) is 55.9 Å². The molecule has 5 rings (SSSR count). The van der Waals surface area contributed by atoms with Gasteiger partial charge in [0.15, 0.2) is 5.82 Å². The van der Waals surface area contributed by atoms with Crippen LogP contribution in [0.25, 0.3) is 33.8 Å². The summed E-state index contributed by atoms with van der Waals surface area (Å²) in [6, 6.07) is 8.06. The van der Waals surface area contributed by atoms with Crippen molar-refractivity contribution in [1.82, 2.24) is 24.9 Å². The van der Waals surface area contributed by atoms with Gasteiger partial charge < -0.3 is 14.8 Å². The molecule has 1 aliphatic rings. The highest BCUT2D eigenvalue weighted by atomic mass is 19.1. The van der Waals surface area contributed by atoms with E-state index in [9.17, 15) is 9.18 Å². The van der Waals surface area contributed by atoms with Gasteiger partial charge in [-0.15, -0.1) is 0 Å². The number of aromatic amines is 1. The quantitative estimate of drug-likeness (QED) is 0.443. The maximum absolute atomic E-state index is 13.4. The molecule has 3 aromatic heterocycles. The monoisotopic (exact) mass is 447 g/mol. The number of aromatic nitrogens is 5. The predicted octanol–water partition coefficient (Wildman–Crippen LogP) is 4.63. The molecule has 0 spiro atoms. The number of carboxylic acids is 1. The SMILES string of the molecule is O=C(O)CC1CCC(Oc2ccc(-c3cnc(-c4nc5ccc(F)cc5[nH]4)cn3)cn2)CC1. The highest BCUT2D eigenvalue weighted by Crippen LogP contribution is 2.29. The van der Waals surface area contributed by atoms with Crippen LogP contribution in [0.1, 0.15) is 32.1 Å². The number of nitrogens with one attached hydrogen (secondary N) is 1. The number of aliphatic carboxylic acids is 1. The highest BCUT2D eigenvalue weighted by molar-refractivity contribution is 5.78. The number of hydrogen-bond donors (Lipinski definition) is 2. The molecule has 0 aliphatic heterocycles. The fourth-order valence-electron chi connectivity index (χ4n) is 4.18. The molecule has 0 atom stereocenters. The molecule has 2 N–H and O–H groups in total. The third-order valence-electron chi connectivity index (χ3n) is 5.91. The van der Waals surface area contributed by atoms with Crippen LogP contribution in [0.3, 0.4) is 0 Å². The van der Waals surface area contributed by atoms with E-state index in [0.29, 0.717) is 34.1 Å². The van der Waals surface area contributed by atoms with Crippen molar-refractivity contribution in [3.63, 3.8) is 0 Å². The van der Waals surface area contributed by atoms with Gasteiger partial charge in [-0.25, -0.2) is 19.3 Å². The molecular weight excluding hydrogens is 425 g/mol. The third kappa shape index (κ3) is 4.82. The van der Waals surface area contributed by atoms with Crippen molar-refractivity contribution in [1.29, 1.82) is 0 Å². The first-order valence-corrected chi connectivity index (χ1v) is 10.9. The number of rotatable bonds is 6. The molecule has 168 valence electrons. The molecule has 33 heavy (non-hydrogen) atoms. The molecule has 0 radical (unpaired) electrons. The number of benzene rings is 1. The zero-order valence-electron chi connectivity index (χ0n) is 17.7. The number of nitrogens with zero attached hydrogens (tertiary/aromatic N) is 4. The van der Waals surface area contributed by atoms with E-state index in [2.05, 4.69) is 24.9 Å². The number of fused-ring (bicyclic) bond motifs is 1. The molecule has 0 saturated heterocycles. The highest BCUT2D eigenvalue weighted by Gasteiger charge is 2.24. The van der Waals surface area contributed by atoms with Crippen LogP contribution in [0.15, 0.2) is 48.9 Å². The number of carbonyl (C=O) groups is 1. The summed E-state index contributed by atoms with van der Waals surface area (Å²) in [5.74, 6) is 0.236. The van der Waals surface area contributed by atoms with Crippen LogP contribution >= 0.6 is 0 Å². The van der Waals surface area contributed by atoms with E-state index in [1.807, 2.05) is 12.1 Å². The third-order valence-corrected chi connectivity index (χ3v) is 5.91. The minimum absolute atomic E-state index is 0.0600. The van der Waals surface area contributed by atoms with Crippen molar-refractivity contribution in [2.24, 2.45) is 5.92 Å². The van der Waals surface area contributed by atoms with Crippen molar-refractivity contribution in [3.05, 3.63) is 54.7 Å². The van der Waals surface area contributed by atoms with Gasteiger partial charge in [-0.3, -0.25) is 9.78 Å². The van der Waals surface area contributed by atoms with Gasteiger partial charge in [0.25, 0.3) is 0 Å². The lowest BCUT2D eigenvalue weighted by Gasteiger charge is -2.27. The molecule has 9 heteroatoms. The normalized spacial score (nSPS) is 18.3. The van der Waals surface area contributed by atoms with Crippen molar-refractivity contribution in [2.75, 3.05) is 0 Å². The summed E-state index contributed by atoms with van der Waals surface area (Å²) in [4.78, 5) is 31.6. The molecule has 1 aromatic carbocycles. The standard InChI is InChI=1S/C24H22FN5O3/c25-16-4-7-18-19(10-16)30-24(29-18)21-13-26-20(12-27-21)15-3-8-22(28-11-15)33-17-5-1-14(2-6-17)9-23(31)32/h3-4,7-8,10-14,17H,1-2,5-6,9H2,(H,29,30)(H,31,32). The number of pyridine rings is 1. The molecule has 1 aliphatic carbocycles. The fraction of sp³-hybridized carbons (Fsp3) is 0.292. The maximum atomic E-state index is 13.4. The first kappa shape index (κ1) is 21.0.